The number of unbranched alkanes of at least 4 members (excludes halogenated alkanes) is 28. The van der Waals surface area contributed by atoms with E-state index in [0.717, 1.165) is 83.5 Å². The third-order valence-corrected chi connectivity index (χ3v) is 10.9. The predicted molar refractivity (Wildman–Crippen MR) is 247 cm³/mol. The van der Waals surface area contributed by atoms with Gasteiger partial charge in [0.1, 0.15) is 13.2 Å². The van der Waals surface area contributed by atoms with E-state index in [1.165, 1.54) is 135 Å². The quantitative estimate of drug-likeness (QED) is 0.0264. The maximum Gasteiger partial charge on any atom is 0.306 e. The third kappa shape index (κ3) is 44.7. The zero-order valence-corrected chi connectivity index (χ0v) is 38.6. The Morgan fingerprint density at radius 3 is 1.00 bits per heavy atom. The molecule has 0 aliphatic rings. The van der Waals surface area contributed by atoms with E-state index in [4.69, 9.17) is 14.2 Å². The molecule has 0 spiro atoms. The average molecular weight is 815 g/mol. The molecule has 0 aromatic rings. The van der Waals surface area contributed by atoms with E-state index in [9.17, 15) is 14.4 Å². The minimum atomic E-state index is -0.777. The van der Waals surface area contributed by atoms with Crippen molar-refractivity contribution in [3.05, 3.63) is 36.5 Å². The lowest BCUT2D eigenvalue weighted by Crippen LogP contribution is -2.30. The molecule has 0 radical (unpaired) electrons. The fourth-order valence-electron chi connectivity index (χ4n) is 7.10. The van der Waals surface area contributed by atoms with Crippen LogP contribution < -0.4 is 0 Å². The lowest BCUT2D eigenvalue weighted by Gasteiger charge is -2.18. The molecule has 0 rings (SSSR count). The molecule has 0 amide bonds. The zero-order valence-electron chi connectivity index (χ0n) is 38.6. The Hall–Kier alpha value is -2.37. The Labute approximate surface area is 359 Å². The van der Waals surface area contributed by atoms with Gasteiger partial charge in [-0.15, -0.1) is 0 Å². The first-order chi connectivity index (χ1) is 28.5. The minimum absolute atomic E-state index is 0.0776. The number of carbonyl (C=O) groups is 3. The fourth-order valence-corrected chi connectivity index (χ4v) is 7.10. The summed E-state index contributed by atoms with van der Waals surface area (Å²) in [6.45, 7) is 6.59. The number of hydrogen-bond acceptors (Lipinski definition) is 6. The molecule has 0 saturated heterocycles. The van der Waals surface area contributed by atoms with Crippen molar-refractivity contribution in [1.82, 2.24) is 0 Å². The van der Waals surface area contributed by atoms with E-state index >= 15 is 0 Å². The van der Waals surface area contributed by atoms with Crippen LogP contribution in [0.3, 0.4) is 0 Å². The highest BCUT2D eigenvalue weighted by Gasteiger charge is 2.19. The van der Waals surface area contributed by atoms with Crippen molar-refractivity contribution in [3.8, 4) is 0 Å². The standard InChI is InChI=1S/C52H94O6/c1-4-7-10-13-16-19-22-24-25-26-27-28-31-34-37-40-43-46-52(55)58-49(47-56-50(53)44-41-38-35-32-29-21-18-15-12-9-6-3)48-57-51(54)45-42-39-36-33-30-23-20-17-14-11-8-5-2/h16,19,24-25,27-28,49H,4-15,17-18,20-23,26,29-48H2,1-3H3/b19-16-,25-24-,28-27-/t49-/m0/s1. The van der Waals surface area contributed by atoms with Crippen LogP contribution in [0.2, 0.25) is 0 Å². The number of rotatable bonds is 45. The monoisotopic (exact) mass is 815 g/mol. The van der Waals surface area contributed by atoms with Crippen molar-refractivity contribution in [2.24, 2.45) is 0 Å². The Balaban J connectivity index is 4.39. The molecule has 0 aliphatic carbocycles. The number of allylic oxidation sites excluding steroid dienone is 6. The zero-order chi connectivity index (χ0) is 42.3. The van der Waals surface area contributed by atoms with E-state index in [1.807, 2.05) is 0 Å². The first-order valence-electron chi connectivity index (χ1n) is 25.0. The first kappa shape index (κ1) is 55.6. The molecule has 0 unspecified atom stereocenters. The lowest BCUT2D eigenvalue weighted by molar-refractivity contribution is -0.167. The molecule has 0 bridgehead atoms. The van der Waals surface area contributed by atoms with Gasteiger partial charge < -0.3 is 14.2 Å². The lowest BCUT2D eigenvalue weighted by atomic mass is 10.0. The van der Waals surface area contributed by atoms with Crippen molar-refractivity contribution >= 4 is 17.9 Å². The van der Waals surface area contributed by atoms with E-state index in [2.05, 4.69) is 57.2 Å². The highest BCUT2D eigenvalue weighted by Crippen LogP contribution is 2.15. The van der Waals surface area contributed by atoms with Gasteiger partial charge in [0.2, 0.25) is 0 Å². The molecule has 0 aliphatic heterocycles. The van der Waals surface area contributed by atoms with Crippen molar-refractivity contribution < 1.29 is 28.6 Å². The van der Waals surface area contributed by atoms with Gasteiger partial charge in [-0.1, -0.05) is 218 Å². The van der Waals surface area contributed by atoms with E-state index in [0.29, 0.717) is 19.3 Å². The van der Waals surface area contributed by atoms with Crippen LogP contribution in [0.25, 0.3) is 0 Å². The van der Waals surface area contributed by atoms with Crippen LogP contribution in [0, 0.1) is 0 Å². The fraction of sp³-hybridized carbons (Fsp3) is 0.827. The number of carbonyl (C=O) groups excluding carboxylic acids is 3. The average Bonchev–Trinajstić information content (AvgIpc) is 3.22. The first-order valence-corrected chi connectivity index (χ1v) is 25.0. The van der Waals surface area contributed by atoms with E-state index in [-0.39, 0.29) is 31.1 Å². The number of ether oxygens (including phenoxy) is 3. The molecule has 0 N–H and O–H groups in total. The number of esters is 3. The second kappa shape index (κ2) is 47.3. The second-order valence-corrected chi connectivity index (χ2v) is 16.7. The Morgan fingerprint density at radius 2 is 0.621 bits per heavy atom. The van der Waals surface area contributed by atoms with E-state index < -0.39 is 6.10 Å². The van der Waals surface area contributed by atoms with Crippen LogP contribution in [-0.4, -0.2) is 37.2 Å². The summed E-state index contributed by atoms with van der Waals surface area (Å²) < 4.78 is 16.7. The summed E-state index contributed by atoms with van der Waals surface area (Å²) in [4.78, 5) is 37.8. The molecular weight excluding hydrogens is 721 g/mol. The van der Waals surface area contributed by atoms with Gasteiger partial charge in [-0.25, -0.2) is 0 Å². The van der Waals surface area contributed by atoms with Gasteiger partial charge in [-0.05, 0) is 57.8 Å². The summed E-state index contributed by atoms with van der Waals surface area (Å²) in [5.74, 6) is -0.892. The van der Waals surface area contributed by atoms with Crippen LogP contribution in [-0.2, 0) is 28.6 Å². The maximum atomic E-state index is 12.8. The summed E-state index contributed by atoms with van der Waals surface area (Å²) in [5, 5.41) is 0. The van der Waals surface area contributed by atoms with Gasteiger partial charge in [-0.2, -0.15) is 0 Å². The van der Waals surface area contributed by atoms with Crippen molar-refractivity contribution in [2.45, 2.75) is 264 Å². The molecule has 0 fully saturated rings. The molecule has 1 atom stereocenters. The molecule has 58 heavy (non-hydrogen) atoms. The Bertz CT molecular complexity index is 984. The van der Waals surface area contributed by atoms with Crippen LogP contribution in [0.15, 0.2) is 36.5 Å². The molecule has 338 valence electrons. The normalized spacial score (nSPS) is 12.3. The van der Waals surface area contributed by atoms with Gasteiger partial charge in [-0.3, -0.25) is 14.4 Å². The largest absolute Gasteiger partial charge is 0.462 e. The predicted octanol–water partition coefficient (Wildman–Crippen LogP) is 16.1. The Kier molecular flexibility index (Phi) is 45.4. The summed E-state index contributed by atoms with van der Waals surface area (Å²) in [5.41, 5.74) is 0. The third-order valence-electron chi connectivity index (χ3n) is 10.9. The smallest absolute Gasteiger partial charge is 0.306 e. The molecule has 6 nitrogen and oxygen atoms in total. The van der Waals surface area contributed by atoms with Crippen LogP contribution in [0.1, 0.15) is 258 Å². The summed E-state index contributed by atoms with van der Waals surface area (Å²) in [7, 11) is 0. The molecular formula is C52H94O6. The molecule has 6 heteroatoms. The van der Waals surface area contributed by atoms with Gasteiger partial charge in [0.25, 0.3) is 0 Å². The molecule has 0 heterocycles. The minimum Gasteiger partial charge on any atom is -0.462 e. The van der Waals surface area contributed by atoms with Gasteiger partial charge in [0.15, 0.2) is 6.10 Å². The molecule has 0 saturated carbocycles. The SMILES string of the molecule is CCCCC/C=C\C/C=C\C/C=C\CCCCCCC(=O)O[C@@H](COC(=O)CCCCCCCCCCCCC)COC(=O)CCCCCCCCCCCCCC. The van der Waals surface area contributed by atoms with Gasteiger partial charge >= 0.3 is 17.9 Å². The molecule has 0 aromatic heterocycles. The van der Waals surface area contributed by atoms with Gasteiger partial charge in [0.05, 0.1) is 0 Å². The van der Waals surface area contributed by atoms with Crippen molar-refractivity contribution in [1.29, 1.82) is 0 Å². The summed E-state index contributed by atoms with van der Waals surface area (Å²) in [6, 6.07) is 0. The second-order valence-electron chi connectivity index (χ2n) is 16.7. The maximum absolute atomic E-state index is 12.8. The molecule has 0 aromatic carbocycles. The summed E-state index contributed by atoms with van der Waals surface area (Å²) >= 11 is 0. The topological polar surface area (TPSA) is 78.9 Å². The Morgan fingerprint density at radius 1 is 0.345 bits per heavy atom. The highest BCUT2D eigenvalue weighted by atomic mass is 16.6. The van der Waals surface area contributed by atoms with Crippen LogP contribution in [0.4, 0.5) is 0 Å². The van der Waals surface area contributed by atoms with Crippen LogP contribution >= 0.6 is 0 Å². The highest BCUT2D eigenvalue weighted by molar-refractivity contribution is 5.71. The van der Waals surface area contributed by atoms with E-state index in [1.54, 1.807) is 0 Å². The van der Waals surface area contributed by atoms with Gasteiger partial charge in [0, 0.05) is 19.3 Å². The van der Waals surface area contributed by atoms with Crippen LogP contribution in [0.5, 0.6) is 0 Å². The van der Waals surface area contributed by atoms with Crippen molar-refractivity contribution in [3.63, 3.8) is 0 Å². The summed E-state index contributed by atoms with van der Waals surface area (Å²) in [6.07, 6.45) is 54.0. The number of hydrogen-bond donors (Lipinski definition) is 0. The van der Waals surface area contributed by atoms with Crippen molar-refractivity contribution in [2.75, 3.05) is 13.2 Å².